The third-order valence-electron chi connectivity index (χ3n) is 5.35. The standard InChI is InChI=1S/C14H18N2.C10H14N4O.C2H6/c1-4-13-10-14(15-16(13)5-2)12-8-6-7-11(3)9-12;1-9-6-11-10(12-7-9)14-4-2-13(8-15)3-5-14;1-2/h6-10H,4-5H2,1-3H3;6-8H,2-5H2,1H3;1-2H3. The largest absolute Gasteiger partial charge is 0.342 e. The number of aryl methyl sites for hydroxylation is 4. The fourth-order valence-corrected chi connectivity index (χ4v) is 3.54. The minimum Gasteiger partial charge on any atom is -0.342 e. The summed E-state index contributed by atoms with van der Waals surface area (Å²) in [4.78, 5) is 22.9. The summed E-state index contributed by atoms with van der Waals surface area (Å²) in [6.07, 6.45) is 5.56. The van der Waals surface area contributed by atoms with Gasteiger partial charge in [0.25, 0.3) is 0 Å². The summed E-state index contributed by atoms with van der Waals surface area (Å²) < 4.78 is 2.08. The second-order valence-electron chi connectivity index (χ2n) is 7.75. The molecule has 0 N–H and O–H groups in total. The van der Waals surface area contributed by atoms with Gasteiger partial charge in [-0.05, 0) is 44.9 Å². The van der Waals surface area contributed by atoms with Crippen LogP contribution in [0, 0.1) is 13.8 Å². The maximum absolute atomic E-state index is 10.5. The molecule has 0 radical (unpaired) electrons. The lowest BCUT2D eigenvalue weighted by Gasteiger charge is -2.32. The Bertz CT molecular complexity index is 953. The lowest BCUT2D eigenvalue weighted by molar-refractivity contribution is -0.118. The molecule has 1 aromatic carbocycles. The predicted molar refractivity (Wildman–Crippen MR) is 135 cm³/mol. The number of carbonyl (C=O) groups is 1. The van der Waals surface area contributed by atoms with E-state index >= 15 is 0 Å². The molecule has 2 aromatic heterocycles. The van der Waals surface area contributed by atoms with Gasteiger partial charge in [-0.2, -0.15) is 5.10 Å². The molecule has 4 rings (SSSR count). The van der Waals surface area contributed by atoms with Crippen LogP contribution in [0.5, 0.6) is 0 Å². The molecule has 7 heteroatoms. The number of rotatable bonds is 5. The average molecular weight is 451 g/mol. The van der Waals surface area contributed by atoms with Crippen molar-refractivity contribution < 1.29 is 4.79 Å². The smallest absolute Gasteiger partial charge is 0.225 e. The minimum atomic E-state index is 0.751. The zero-order valence-corrected chi connectivity index (χ0v) is 21.0. The Kier molecular flexibility index (Phi) is 10.5. The van der Waals surface area contributed by atoms with Gasteiger partial charge < -0.3 is 9.80 Å². The molecule has 7 nitrogen and oxygen atoms in total. The van der Waals surface area contributed by atoms with E-state index in [2.05, 4.69) is 75.8 Å². The Morgan fingerprint density at radius 3 is 2.12 bits per heavy atom. The van der Waals surface area contributed by atoms with Crippen molar-refractivity contribution in [1.82, 2.24) is 24.6 Å². The number of hydrogen-bond acceptors (Lipinski definition) is 5. The molecular weight excluding hydrogens is 412 g/mol. The normalized spacial score (nSPS) is 12.9. The number of amides is 1. The SMILES string of the molecule is CC.CCc1cc(-c2cccc(C)c2)nn1CC.Cc1cnc(N2CCN(C=O)CC2)nc1. The molecule has 1 fully saturated rings. The number of aromatic nitrogens is 4. The number of piperazine rings is 1. The molecule has 0 atom stereocenters. The first-order valence-electron chi connectivity index (χ1n) is 11.9. The van der Waals surface area contributed by atoms with Crippen molar-refractivity contribution in [3.05, 3.63) is 59.5 Å². The molecule has 1 saturated heterocycles. The zero-order chi connectivity index (χ0) is 24.2. The highest BCUT2D eigenvalue weighted by Gasteiger charge is 2.17. The van der Waals surface area contributed by atoms with Gasteiger partial charge >= 0.3 is 0 Å². The van der Waals surface area contributed by atoms with Crippen LogP contribution in [0.25, 0.3) is 11.3 Å². The van der Waals surface area contributed by atoms with Crippen LogP contribution in [0.2, 0.25) is 0 Å². The van der Waals surface area contributed by atoms with E-state index in [0.717, 1.165) is 62.8 Å². The van der Waals surface area contributed by atoms with Crippen LogP contribution in [0.1, 0.15) is 44.5 Å². The van der Waals surface area contributed by atoms with Gasteiger partial charge in [0.2, 0.25) is 12.4 Å². The highest BCUT2D eigenvalue weighted by atomic mass is 16.1. The van der Waals surface area contributed by atoms with E-state index in [1.165, 1.54) is 16.8 Å². The number of hydrogen-bond donors (Lipinski definition) is 0. The van der Waals surface area contributed by atoms with Gasteiger partial charge in [0.15, 0.2) is 0 Å². The molecule has 3 aromatic rings. The predicted octanol–water partition coefficient (Wildman–Crippen LogP) is 4.53. The van der Waals surface area contributed by atoms with Crippen molar-refractivity contribution in [1.29, 1.82) is 0 Å². The van der Waals surface area contributed by atoms with E-state index in [9.17, 15) is 4.79 Å². The first-order valence-corrected chi connectivity index (χ1v) is 11.9. The van der Waals surface area contributed by atoms with Crippen molar-refractivity contribution in [3.63, 3.8) is 0 Å². The van der Waals surface area contributed by atoms with Crippen molar-refractivity contribution >= 4 is 12.4 Å². The average Bonchev–Trinajstić information content (AvgIpc) is 3.30. The van der Waals surface area contributed by atoms with Crippen molar-refractivity contribution in [3.8, 4) is 11.3 Å². The van der Waals surface area contributed by atoms with Gasteiger partial charge in [0.1, 0.15) is 0 Å². The Balaban J connectivity index is 0.000000218. The van der Waals surface area contributed by atoms with E-state index in [1.54, 1.807) is 4.90 Å². The number of nitrogens with zero attached hydrogens (tertiary/aromatic N) is 6. The van der Waals surface area contributed by atoms with E-state index in [0.29, 0.717) is 0 Å². The summed E-state index contributed by atoms with van der Waals surface area (Å²) in [6.45, 7) is 16.4. The molecule has 3 heterocycles. The monoisotopic (exact) mass is 450 g/mol. The van der Waals surface area contributed by atoms with E-state index in [4.69, 9.17) is 0 Å². The highest BCUT2D eigenvalue weighted by Crippen LogP contribution is 2.20. The Morgan fingerprint density at radius 2 is 1.61 bits per heavy atom. The van der Waals surface area contributed by atoms with Gasteiger partial charge in [0.05, 0.1) is 5.69 Å². The maximum Gasteiger partial charge on any atom is 0.225 e. The number of anilines is 1. The van der Waals surface area contributed by atoms with Gasteiger partial charge in [-0.15, -0.1) is 0 Å². The van der Waals surface area contributed by atoms with Crippen LogP contribution in [0.3, 0.4) is 0 Å². The molecule has 0 saturated carbocycles. The maximum atomic E-state index is 10.5. The molecule has 0 bridgehead atoms. The topological polar surface area (TPSA) is 67.2 Å². The van der Waals surface area contributed by atoms with E-state index < -0.39 is 0 Å². The molecule has 0 spiro atoms. The van der Waals surface area contributed by atoms with Crippen LogP contribution in [-0.4, -0.2) is 57.2 Å². The van der Waals surface area contributed by atoms with Crippen LogP contribution >= 0.6 is 0 Å². The van der Waals surface area contributed by atoms with Crippen molar-refractivity contribution in [2.24, 2.45) is 0 Å². The summed E-state index contributed by atoms with van der Waals surface area (Å²) in [7, 11) is 0. The first kappa shape index (κ1) is 26.0. The first-order chi connectivity index (χ1) is 16.0. The Labute approximate surface area is 198 Å². The summed E-state index contributed by atoms with van der Waals surface area (Å²) in [5, 5.41) is 4.63. The van der Waals surface area contributed by atoms with Gasteiger partial charge in [-0.25, -0.2) is 9.97 Å². The second kappa shape index (κ2) is 13.4. The fourth-order valence-electron chi connectivity index (χ4n) is 3.54. The molecule has 33 heavy (non-hydrogen) atoms. The third-order valence-corrected chi connectivity index (χ3v) is 5.35. The zero-order valence-electron chi connectivity index (χ0n) is 21.0. The highest BCUT2D eigenvalue weighted by molar-refractivity contribution is 5.60. The van der Waals surface area contributed by atoms with Crippen LogP contribution in [-0.2, 0) is 17.8 Å². The van der Waals surface area contributed by atoms with Crippen molar-refractivity contribution in [2.45, 2.75) is 54.5 Å². The van der Waals surface area contributed by atoms with Gasteiger partial charge in [-0.3, -0.25) is 9.48 Å². The lowest BCUT2D eigenvalue weighted by atomic mass is 10.1. The van der Waals surface area contributed by atoms with Crippen LogP contribution in [0.4, 0.5) is 5.95 Å². The number of carbonyl (C=O) groups excluding carboxylic acids is 1. The third kappa shape index (κ3) is 7.41. The molecule has 0 aliphatic carbocycles. The second-order valence-corrected chi connectivity index (χ2v) is 7.75. The quantitative estimate of drug-likeness (QED) is 0.534. The van der Waals surface area contributed by atoms with E-state index in [-0.39, 0.29) is 0 Å². The summed E-state index contributed by atoms with van der Waals surface area (Å²) in [6, 6.07) is 10.7. The Hall–Kier alpha value is -3.22. The van der Waals surface area contributed by atoms with Crippen LogP contribution < -0.4 is 4.90 Å². The molecule has 1 aliphatic rings. The summed E-state index contributed by atoms with van der Waals surface area (Å²) in [5.41, 5.74) is 5.94. The lowest BCUT2D eigenvalue weighted by Crippen LogP contribution is -2.46. The molecular formula is C26H38N6O. The van der Waals surface area contributed by atoms with Gasteiger partial charge in [0, 0.05) is 56.4 Å². The van der Waals surface area contributed by atoms with E-state index in [1.807, 2.05) is 33.2 Å². The summed E-state index contributed by atoms with van der Waals surface area (Å²) >= 11 is 0. The molecule has 1 aliphatic heterocycles. The molecule has 0 unspecified atom stereocenters. The summed E-state index contributed by atoms with van der Waals surface area (Å²) in [5.74, 6) is 0.756. The molecule has 178 valence electrons. The number of benzene rings is 1. The van der Waals surface area contributed by atoms with Crippen LogP contribution in [0.15, 0.2) is 42.7 Å². The fraction of sp³-hybridized carbons (Fsp3) is 0.462. The minimum absolute atomic E-state index is 0.751. The van der Waals surface area contributed by atoms with Crippen molar-refractivity contribution in [2.75, 3.05) is 31.1 Å². The molecule has 1 amide bonds. The van der Waals surface area contributed by atoms with Gasteiger partial charge in [-0.1, -0.05) is 44.5 Å². The Morgan fingerprint density at radius 1 is 0.939 bits per heavy atom.